The molecule has 2 aromatic rings. The molecule has 0 bridgehead atoms. The Morgan fingerprint density at radius 3 is 2.74 bits per heavy atom. The predicted molar refractivity (Wildman–Crippen MR) is 80.7 cm³/mol. The van der Waals surface area contributed by atoms with Crippen molar-refractivity contribution in [2.45, 2.75) is 13.8 Å². The van der Waals surface area contributed by atoms with Gasteiger partial charge < -0.3 is 0 Å². The average molecular weight is 243 g/mol. The summed E-state index contributed by atoms with van der Waals surface area (Å²) >= 11 is 0. The van der Waals surface area contributed by atoms with Crippen LogP contribution in [0.4, 0.5) is 0 Å². The smallest absolute Gasteiger partial charge is 0.00230 e. The molecule has 0 amide bonds. The first-order chi connectivity index (χ1) is 9.14. The Bertz CT molecular complexity index is 874. The van der Waals surface area contributed by atoms with Gasteiger partial charge in [0.15, 0.2) is 0 Å². The Hall–Kier alpha value is -2.08. The Morgan fingerprint density at radius 1 is 1.00 bits per heavy atom. The highest BCUT2D eigenvalue weighted by molar-refractivity contribution is 5.93. The van der Waals surface area contributed by atoms with E-state index >= 15 is 0 Å². The van der Waals surface area contributed by atoms with Crippen molar-refractivity contribution in [2.75, 3.05) is 0 Å². The van der Waals surface area contributed by atoms with Crippen LogP contribution in [0.25, 0.3) is 22.4 Å². The van der Waals surface area contributed by atoms with Crippen molar-refractivity contribution in [3.63, 3.8) is 0 Å². The van der Waals surface area contributed by atoms with Gasteiger partial charge >= 0.3 is 0 Å². The minimum atomic E-state index is 0.104. The number of benzene rings is 2. The quantitative estimate of drug-likeness (QED) is 0.667. The monoisotopic (exact) mass is 243 g/mol. The van der Waals surface area contributed by atoms with E-state index in [1.807, 2.05) is 0 Å². The third-order valence-electron chi connectivity index (χ3n) is 3.94. The fourth-order valence-electron chi connectivity index (χ4n) is 3.03. The molecule has 0 nitrogen and oxygen atoms in total. The number of fused-ring (bicyclic) bond motifs is 4. The summed E-state index contributed by atoms with van der Waals surface area (Å²) in [7, 11) is 0. The van der Waals surface area contributed by atoms with Crippen LogP contribution in [0.1, 0.15) is 13.8 Å². The van der Waals surface area contributed by atoms with E-state index in [0.717, 1.165) is 0 Å². The van der Waals surface area contributed by atoms with Crippen LogP contribution in [-0.2, 0) is 0 Å². The van der Waals surface area contributed by atoms with Gasteiger partial charge in [-0.1, -0.05) is 62.4 Å². The summed E-state index contributed by atoms with van der Waals surface area (Å²) < 4.78 is 0. The number of hydrogen-bond acceptors (Lipinski definition) is 0. The maximum Gasteiger partial charge on any atom is 0.00230 e. The number of rotatable bonds is 0. The van der Waals surface area contributed by atoms with Crippen LogP contribution in [0.15, 0.2) is 54.1 Å². The van der Waals surface area contributed by atoms with Crippen LogP contribution in [0, 0.1) is 11.5 Å². The summed E-state index contributed by atoms with van der Waals surface area (Å²) in [5, 5.41) is 5.30. The summed E-state index contributed by atoms with van der Waals surface area (Å²) in [6, 6.07) is 13.0. The van der Waals surface area contributed by atoms with Crippen LogP contribution >= 0.6 is 0 Å². The summed E-state index contributed by atoms with van der Waals surface area (Å²) in [5.41, 5.74) is 2.67. The topological polar surface area (TPSA) is 0 Å². The molecule has 0 spiro atoms. The van der Waals surface area contributed by atoms with Crippen molar-refractivity contribution in [2.24, 2.45) is 5.41 Å². The van der Waals surface area contributed by atoms with E-state index in [9.17, 15) is 0 Å². The van der Waals surface area contributed by atoms with Crippen molar-refractivity contribution in [1.29, 1.82) is 0 Å². The molecule has 0 aromatic heterocycles. The second-order valence-electron chi connectivity index (χ2n) is 5.98. The molecule has 0 N–H and O–H groups in total. The Morgan fingerprint density at radius 2 is 1.84 bits per heavy atom. The molecule has 4 rings (SSSR count). The zero-order chi connectivity index (χ0) is 13.0. The molecule has 0 heteroatoms. The van der Waals surface area contributed by atoms with Gasteiger partial charge in [-0.2, -0.15) is 0 Å². The molecule has 0 atom stereocenters. The molecule has 1 radical (unpaired) electrons. The van der Waals surface area contributed by atoms with Crippen LogP contribution in [0.5, 0.6) is 0 Å². The highest BCUT2D eigenvalue weighted by atomic mass is 14.2. The second-order valence-corrected chi connectivity index (χ2v) is 5.98. The predicted octanol–water partition coefficient (Wildman–Crippen LogP) is 3.11. The molecule has 19 heavy (non-hydrogen) atoms. The summed E-state index contributed by atoms with van der Waals surface area (Å²) in [6.07, 6.45) is 10.3. The molecular formula is C19H15. The minimum Gasteiger partial charge on any atom is -0.0671 e. The molecular weight excluding hydrogens is 228 g/mol. The van der Waals surface area contributed by atoms with Gasteiger partial charge in [0.2, 0.25) is 0 Å². The van der Waals surface area contributed by atoms with Crippen molar-refractivity contribution < 1.29 is 0 Å². The molecule has 0 aliphatic heterocycles. The van der Waals surface area contributed by atoms with E-state index in [2.05, 4.69) is 74.5 Å². The van der Waals surface area contributed by atoms with E-state index in [1.165, 1.54) is 32.4 Å². The van der Waals surface area contributed by atoms with E-state index in [1.54, 1.807) is 0 Å². The zero-order valence-electron chi connectivity index (χ0n) is 11.2. The van der Waals surface area contributed by atoms with Crippen LogP contribution in [0.3, 0.4) is 0 Å². The lowest BCUT2D eigenvalue weighted by Gasteiger charge is -2.20. The normalized spacial score (nSPS) is 18.8. The van der Waals surface area contributed by atoms with Crippen molar-refractivity contribution in [3.8, 4) is 0 Å². The number of hydrogen-bond donors (Lipinski definition) is 0. The first-order valence-electron chi connectivity index (χ1n) is 6.72. The van der Waals surface area contributed by atoms with Crippen LogP contribution in [-0.4, -0.2) is 0 Å². The Kier molecular flexibility index (Phi) is 1.98. The molecule has 0 heterocycles. The van der Waals surface area contributed by atoms with E-state index < -0.39 is 0 Å². The van der Waals surface area contributed by atoms with Gasteiger partial charge in [0, 0.05) is 5.41 Å². The maximum atomic E-state index is 3.48. The largest absolute Gasteiger partial charge is 0.0671 e. The standard InChI is InChI=1S/C19H15/c1-19(2)10-9-16-14(12-19)11-18-15-6-4-3-5-13(15)7-8-17(16)18/h3-8,10-12H,1-2H3. The SMILES string of the molecule is CC1(C)C=[C]C2=c3ccc4ccccc4c3=CC2=C1. The lowest BCUT2D eigenvalue weighted by molar-refractivity contribution is 0.619. The number of allylic oxidation sites excluding steroid dienone is 4. The third-order valence-corrected chi connectivity index (χ3v) is 3.94. The fourth-order valence-corrected chi connectivity index (χ4v) is 3.03. The van der Waals surface area contributed by atoms with E-state index in [0.29, 0.717) is 0 Å². The maximum absolute atomic E-state index is 3.48. The van der Waals surface area contributed by atoms with E-state index in [-0.39, 0.29) is 5.41 Å². The molecule has 0 saturated carbocycles. The average Bonchev–Trinajstić information content (AvgIpc) is 2.75. The summed E-state index contributed by atoms with van der Waals surface area (Å²) in [6.45, 7) is 4.44. The first-order valence-corrected chi connectivity index (χ1v) is 6.72. The highest BCUT2D eigenvalue weighted by Crippen LogP contribution is 2.32. The highest BCUT2D eigenvalue weighted by Gasteiger charge is 2.21. The van der Waals surface area contributed by atoms with Gasteiger partial charge in [-0.3, -0.25) is 0 Å². The van der Waals surface area contributed by atoms with Gasteiger partial charge in [0.25, 0.3) is 0 Å². The molecule has 2 aromatic carbocycles. The molecule has 0 fully saturated rings. The lowest BCUT2D eigenvalue weighted by atomic mass is 9.84. The molecule has 2 aliphatic carbocycles. The van der Waals surface area contributed by atoms with Gasteiger partial charge in [0.1, 0.15) is 0 Å². The van der Waals surface area contributed by atoms with Gasteiger partial charge in [-0.05, 0) is 44.5 Å². The summed E-state index contributed by atoms with van der Waals surface area (Å²) in [4.78, 5) is 0. The first kappa shape index (κ1) is 10.8. The molecule has 2 aliphatic rings. The van der Waals surface area contributed by atoms with Crippen molar-refractivity contribution in [1.82, 2.24) is 0 Å². The van der Waals surface area contributed by atoms with Crippen molar-refractivity contribution >= 4 is 22.4 Å². The lowest BCUT2D eigenvalue weighted by Crippen LogP contribution is -2.23. The zero-order valence-corrected chi connectivity index (χ0v) is 11.2. The van der Waals surface area contributed by atoms with Crippen LogP contribution in [0.2, 0.25) is 0 Å². The summed E-state index contributed by atoms with van der Waals surface area (Å²) in [5.74, 6) is 0. The van der Waals surface area contributed by atoms with E-state index in [4.69, 9.17) is 0 Å². The minimum absolute atomic E-state index is 0.104. The molecule has 0 unspecified atom stereocenters. The van der Waals surface area contributed by atoms with Gasteiger partial charge in [-0.25, -0.2) is 0 Å². The fraction of sp³-hybridized carbons (Fsp3) is 0.158. The van der Waals surface area contributed by atoms with Crippen LogP contribution < -0.4 is 10.4 Å². The molecule has 0 saturated heterocycles. The second kappa shape index (κ2) is 3.48. The molecule has 91 valence electrons. The van der Waals surface area contributed by atoms with Crippen molar-refractivity contribution in [3.05, 3.63) is 70.6 Å². The van der Waals surface area contributed by atoms with Gasteiger partial charge in [0.05, 0.1) is 0 Å². The Balaban J connectivity index is 2.17. The third kappa shape index (κ3) is 1.53. The van der Waals surface area contributed by atoms with Gasteiger partial charge in [-0.15, -0.1) is 0 Å². The Labute approximate surface area is 113 Å².